The molecule has 0 radical (unpaired) electrons. The van der Waals surface area contributed by atoms with E-state index >= 15 is 0 Å². The number of hydrogen-bond donors (Lipinski definition) is 1. The lowest BCUT2D eigenvalue weighted by molar-refractivity contribution is 0.289. The van der Waals surface area contributed by atoms with E-state index in [0.29, 0.717) is 6.61 Å². The van der Waals surface area contributed by atoms with Gasteiger partial charge in [-0.15, -0.1) is 0 Å². The standard InChI is InChI=1S/C16H22BrN3O/c1-4-18-11-16-12(2)19-20(13(16)3)9-10-21-15-7-5-14(17)6-8-15/h5-8,18H,4,9-11H2,1-3H3. The molecule has 4 nitrogen and oxygen atoms in total. The smallest absolute Gasteiger partial charge is 0.119 e. The molecule has 21 heavy (non-hydrogen) atoms. The molecule has 2 rings (SSSR count). The van der Waals surface area contributed by atoms with Gasteiger partial charge in [-0.2, -0.15) is 5.10 Å². The zero-order valence-electron chi connectivity index (χ0n) is 12.8. The van der Waals surface area contributed by atoms with Gasteiger partial charge in [0.25, 0.3) is 0 Å². The molecule has 0 aliphatic heterocycles. The summed E-state index contributed by atoms with van der Waals surface area (Å²) >= 11 is 3.42. The number of hydrogen-bond acceptors (Lipinski definition) is 3. The molecule has 0 saturated carbocycles. The van der Waals surface area contributed by atoms with E-state index in [-0.39, 0.29) is 0 Å². The van der Waals surface area contributed by atoms with Gasteiger partial charge in [0.15, 0.2) is 0 Å². The first-order valence-corrected chi connectivity index (χ1v) is 8.03. The van der Waals surface area contributed by atoms with Crippen LogP contribution in [0.15, 0.2) is 28.7 Å². The maximum atomic E-state index is 5.75. The van der Waals surface area contributed by atoms with Crippen molar-refractivity contribution in [2.75, 3.05) is 13.2 Å². The SMILES string of the molecule is CCNCc1c(C)nn(CCOc2ccc(Br)cc2)c1C. The highest BCUT2D eigenvalue weighted by molar-refractivity contribution is 9.10. The highest BCUT2D eigenvalue weighted by Gasteiger charge is 2.10. The molecule has 0 bridgehead atoms. The van der Waals surface area contributed by atoms with E-state index in [2.05, 4.69) is 47.1 Å². The fourth-order valence-electron chi connectivity index (χ4n) is 2.24. The van der Waals surface area contributed by atoms with Crippen molar-refractivity contribution in [2.45, 2.75) is 33.9 Å². The largest absolute Gasteiger partial charge is 0.492 e. The summed E-state index contributed by atoms with van der Waals surface area (Å²) in [6.07, 6.45) is 0. The molecule has 1 heterocycles. The lowest BCUT2D eigenvalue weighted by atomic mass is 10.2. The maximum Gasteiger partial charge on any atom is 0.119 e. The van der Waals surface area contributed by atoms with Gasteiger partial charge >= 0.3 is 0 Å². The van der Waals surface area contributed by atoms with Crippen molar-refractivity contribution in [3.8, 4) is 5.75 Å². The number of ether oxygens (including phenoxy) is 1. The van der Waals surface area contributed by atoms with Crippen molar-refractivity contribution >= 4 is 15.9 Å². The van der Waals surface area contributed by atoms with Crippen LogP contribution in [0.5, 0.6) is 5.75 Å². The minimum absolute atomic E-state index is 0.615. The van der Waals surface area contributed by atoms with Crippen molar-refractivity contribution < 1.29 is 4.74 Å². The van der Waals surface area contributed by atoms with E-state index in [9.17, 15) is 0 Å². The molecular weight excluding hydrogens is 330 g/mol. The Hall–Kier alpha value is -1.33. The van der Waals surface area contributed by atoms with E-state index in [1.807, 2.05) is 28.9 Å². The van der Waals surface area contributed by atoms with E-state index < -0.39 is 0 Å². The number of benzene rings is 1. The average molecular weight is 352 g/mol. The summed E-state index contributed by atoms with van der Waals surface area (Å²) in [6.45, 7) is 9.51. The molecule has 0 saturated heterocycles. The van der Waals surface area contributed by atoms with Gasteiger partial charge in [0.1, 0.15) is 12.4 Å². The van der Waals surface area contributed by atoms with Crippen LogP contribution in [0.3, 0.4) is 0 Å². The quantitative estimate of drug-likeness (QED) is 0.830. The first-order valence-electron chi connectivity index (χ1n) is 7.23. The maximum absolute atomic E-state index is 5.75. The van der Waals surface area contributed by atoms with Gasteiger partial charge in [0.05, 0.1) is 12.2 Å². The molecule has 1 aromatic heterocycles. The van der Waals surface area contributed by atoms with Gasteiger partial charge in [0, 0.05) is 22.3 Å². The third-order valence-corrected chi connectivity index (χ3v) is 4.00. The third kappa shape index (κ3) is 4.32. The van der Waals surface area contributed by atoms with E-state index in [4.69, 9.17) is 4.74 Å². The average Bonchev–Trinajstić information content (AvgIpc) is 2.74. The minimum Gasteiger partial charge on any atom is -0.492 e. The molecule has 0 aliphatic carbocycles. The molecule has 5 heteroatoms. The highest BCUT2D eigenvalue weighted by atomic mass is 79.9. The van der Waals surface area contributed by atoms with Crippen molar-refractivity contribution in [1.29, 1.82) is 0 Å². The van der Waals surface area contributed by atoms with Crippen molar-refractivity contribution in [1.82, 2.24) is 15.1 Å². The zero-order valence-corrected chi connectivity index (χ0v) is 14.4. The Labute approximate surface area is 134 Å². The molecule has 0 aliphatic rings. The number of nitrogens with one attached hydrogen (secondary N) is 1. The van der Waals surface area contributed by atoms with Crippen LogP contribution in [0.4, 0.5) is 0 Å². The Kier molecular flexibility index (Phi) is 5.82. The Morgan fingerprint density at radius 3 is 2.62 bits per heavy atom. The number of aryl methyl sites for hydroxylation is 1. The molecule has 0 unspecified atom stereocenters. The Bertz CT molecular complexity index is 578. The Balaban J connectivity index is 1.92. The Morgan fingerprint density at radius 2 is 1.95 bits per heavy atom. The van der Waals surface area contributed by atoms with E-state index in [1.54, 1.807) is 0 Å². The summed E-state index contributed by atoms with van der Waals surface area (Å²) in [6, 6.07) is 7.88. The second kappa shape index (κ2) is 7.61. The van der Waals surface area contributed by atoms with Gasteiger partial charge in [-0.25, -0.2) is 0 Å². The molecule has 1 N–H and O–H groups in total. The van der Waals surface area contributed by atoms with Crippen LogP contribution in [0.2, 0.25) is 0 Å². The third-order valence-electron chi connectivity index (χ3n) is 3.47. The predicted molar refractivity (Wildman–Crippen MR) is 88.7 cm³/mol. The first-order chi connectivity index (χ1) is 10.1. The second-order valence-electron chi connectivity index (χ2n) is 4.96. The van der Waals surface area contributed by atoms with Gasteiger partial charge in [0.2, 0.25) is 0 Å². The minimum atomic E-state index is 0.615. The van der Waals surface area contributed by atoms with Crippen LogP contribution in [-0.4, -0.2) is 22.9 Å². The van der Waals surface area contributed by atoms with Gasteiger partial charge < -0.3 is 10.1 Å². The first kappa shape index (κ1) is 16.0. The Morgan fingerprint density at radius 1 is 1.24 bits per heavy atom. The topological polar surface area (TPSA) is 39.1 Å². The normalized spacial score (nSPS) is 10.9. The lowest BCUT2D eigenvalue weighted by Crippen LogP contribution is -2.14. The molecule has 114 valence electrons. The number of nitrogens with zero attached hydrogens (tertiary/aromatic N) is 2. The van der Waals surface area contributed by atoms with Crippen LogP contribution in [0.25, 0.3) is 0 Å². The van der Waals surface area contributed by atoms with Crippen LogP contribution >= 0.6 is 15.9 Å². The van der Waals surface area contributed by atoms with Crippen LogP contribution < -0.4 is 10.1 Å². The van der Waals surface area contributed by atoms with Crippen LogP contribution in [0.1, 0.15) is 23.9 Å². The van der Waals surface area contributed by atoms with E-state index in [1.165, 1.54) is 11.3 Å². The number of halogens is 1. The van der Waals surface area contributed by atoms with Gasteiger partial charge in [-0.3, -0.25) is 4.68 Å². The predicted octanol–water partition coefficient (Wildman–Crippen LogP) is 3.45. The summed E-state index contributed by atoms with van der Waals surface area (Å²) in [5.41, 5.74) is 3.60. The molecule has 1 aromatic carbocycles. The summed E-state index contributed by atoms with van der Waals surface area (Å²) in [4.78, 5) is 0. The van der Waals surface area contributed by atoms with Gasteiger partial charge in [-0.05, 0) is 44.7 Å². The monoisotopic (exact) mass is 351 g/mol. The fraction of sp³-hybridized carbons (Fsp3) is 0.438. The zero-order chi connectivity index (χ0) is 15.2. The molecule has 0 amide bonds. The highest BCUT2D eigenvalue weighted by Crippen LogP contribution is 2.16. The lowest BCUT2D eigenvalue weighted by Gasteiger charge is -2.08. The number of rotatable bonds is 7. The van der Waals surface area contributed by atoms with Crippen molar-refractivity contribution in [3.05, 3.63) is 45.7 Å². The summed E-state index contributed by atoms with van der Waals surface area (Å²) < 4.78 is 8.84. The molecule has 0 spiro atoms. The number of aromatic nitrogens is 2. The van der Waals surface area contributed by atoms with Crippen LogP contribution in [-0.2, 0) is 13.1 Å². The molecule has 0 atom stereocenters. The van der Waals surface area contributed by atoms with E-state index in [0.717, 1.165) is 35.6 Å². The second-order valence-corrected chi connectivity index (χ2v) is 5.87. The molecule has 0 fully saturated rings. The van der Waals surface area contributed by atoms with Crippen molar-refractivity contribution in [3.63, 3.8) is 0 Å². The molecule has 2 aromatic rings. The summed E-state index contributed by atoms with van der Waals surface area (Å²) in [7, 11) is 0. The molecular formula is C16H22BrN3O. The summed E-state index contributed by atoms with van der Waals surface area (Å²) in [5.74, 6) is 0.882. The summed E-state index contributed by atoms with van der Waals surface area (Å²) in [5, 5.41) is 7.96. The van der Waals surface area contributed by atoms with Gasteiger partial charge in [-0.1, -0.05) is 22.9 Å². The fourth-order valence-corrected chi connectivity index (χ4v) is 2.50. The van der Waals surface area contributed by atoms with Crippen molar-refractivity contribution in [2.24, 2.45) is 0 Å². The van der Waals surface area contributed by atoms with Crippen LogP contribution in [0, 0.1) is 13.8 Å².